The lowest BCUT2D eigenvalue weighted by Gasteiger charge is -2.06. The molecule has 172 valence electrons. The molecule has 0 aliphatic heterocycles. The van der Waals surface area contributed by atoms with Crippen molar-refractivity contribution in [1.82, 2.24) is 9.99 Å². The van der Waals surface area contributed by atoms with E-state index in [4.69, 9.17) is 25.5 Å². The van der Waals surface area contributed by atoms with Crippen LogP contribution in [0.4, 0.5) is 0 Å². The highest BCUT2D eigenvalue weighted by Gasteiger charge is 2.17. The quantitative estimate of drug-likeness (QED) is 0.216. The Balaban J connectivity index is 1.57. The van der Waals surface area contributed by atoms with Gasteiger partial charge in [-0.1, -0.05) is 29.8 Å². The molecule has 4 rings (SSSR count). The standard InChI is InChI=1S/C24H24ClN3O5/c1-3-32-9-8-28-19-7-5-4-6-16(19)18(23(28)25)13-26-27-24(30)22-12-17-20(31-2)10-15(14-29)11-21(17)33-22/h4-7,10-13,29H,3,8-9,14H2,1-2H3,(H,27,30)/b26-13+. The number of carbonyl (C=O) groups excluding carboxylic acids is 1. The van der Waals surface area contributed by atoms with Crippen molar-refractivity contribution in [3.05, 3.63) is 64.5 Å². The Bertz CT molecular complexity index is 1320. The van der Waals surface area contributed by atoms with Gasteiger partial charge < -0.3 is 23.6 Å². The third kappa shape index (κ3) is 4.59. The van der Waals surface area contributed by atoms with Crippen molar-refractivity contribution in [2.24, 2.45) is 5.10 Å². The van der Waals surface area contributed by atoms with Crippen LogP contribution in [-0.4, -0.2) is 42.1 Å². The fourth-order valence-corrected chi connectivity index (χ4v) is 4.01. The van der Waals surface area contributed by atoms with E-state index in [-0.39, 0.29) is 12.4 Å². The summed E-state index contributed by atoms with van der Waals surface area (Å²) >= 11 is 6.63. The second-order valence-corrected chi connectivity index (χ2v) is 7.61. The molecule has 0 fully saturated rings. The van der Waals surface area contributed by atoms with Crippen molar-refractivity contribution >= 4 is 45.6 Å². The first-order valence-corrected chi connectivity index (χ1v) is 10.8. The number of methoxy groups -OCH3 is 1. The van der Waals surface area contributed by atoms with Gasteiger partial charge in [-0.3, -0.25) is 4.79 Å². The number of nitrogens with zero attached hydrogens (tertiary/aromatic N) is 2. The van der Waals surface area contributed by atoms with Gasteiger partial charge in [0, 0.05) is 35.7 Å². The Morgan fingerprint density at radius 2 is 2.09 bits per heavy atom. The lowest BCUT2D eigenvalue weighted by atomic mass is 10.1. The summed E-state index contributed by atoms with van der Waals surface area (Å²) in [6.07, 6.45) is 1.52. The summed E-state index contributed by atoms with van der Waals surface area (Å²) in [7, 11) is 1.52. The second kappa shape index (κ2) is 10.1. The monoisotopic (exact) mass is 469 g/mol. The molecule has 2 N–H and O–H groups in total. The number of aliphatic hydroxyl groups excluding tert-OH is 1. The molecular weight excluding hydrogens is 446 g/mol. The molecule has 0 spiro atoms. The van der Waals surface area contributed by atoms with E-state index >= 15 is 0 Å². The summed E-state index contributed by atoms with van der Waals surface area (Å²) < 4.78 is 18.4. The SMILES string of the molecule is CCOCCn1c(Cl)c(/C=N/NC(=O)c2cc3c(OC)cc(CO)cc3o2)c2ccccc21. The Labute approximate surface area is 195 Å². The van der Waals surface area contributed by atoms with Crippen molar-refractivity contribution in [3.63, 3.8) is 0 Å². The predicted octanol–water partition coefficient (Wildman–Crippen LogP) is 4.34. The van der Waals surface area contributed by atoms with Crippen LogP contribution >= 0.6 is 11.6 Å². The lowest BCUT2D eigenvalue weighted by Crippen LogP contribution is -2.16. The number of furan rings is 1. The van der Waals surface area contributed by atoms with Gasteiger partial charge in [0.2, 0.25) is 0 Å². The lowest BCUT2D eigenvalue weighted by molar-refractivity contribution is 0.0929. The van der Waals surface area contributed by atoms with Gasteiger partial charge in [-0.25, -0.2) is 5.43 Å². The third-order valence-electron chi connectivity index (χ3n) is 5.25. The fourth-order valence-electron chi connectivity index (χ4n) is 3.68. The summed E-state index contributed by atoms with van der Waals surface area (Å²) in [5.41, 5.74) is 5.19. The van der Waals surface area contributed by atoms with E-state index in [1.54, 1.807) is 18.2 Å². The topological polar surface area (TPSA) is 98.2 Å². The Morgan fingerprint density at radius 3 is 2.85 bits per heavy atom. The summed E-state index contributed by atoms with van der Waals surface area (Å²) in [6, 6.07) is 12.7. The van der Waals surface area contributed by atoms with Crippen LogP contribution in [-0.2, 0) is 17.9 Å². The van der Waals surface area contributed by atoms with Crippen molar-refractivity contribution in [2.45, 2.75) is 20.1 Å². The van der Waals surface area contributed by atoms with Gasteiger partial charge >= 0.3 is 5.91 Å². The predicted molar refractivity (Wildman–Crippen MR) is 127 cm³/mol. The van der Waals surface area contributed by atoms with E-state index in [9.17, 15) is 9.90 Å². The first kappa shape index (κ1) is 22.8. The highest BCUT2D eigenvalue weighted by Crippen LogP contribution is 2.31. The Kier molecular flexibility index (Phi) is 6.98. The van der Waals surface area contributed by atoms with Crippen LogP contribution in [0.5, 0.6) is 5.75 Å². The molecule has 0 saturated carbocycles. The van der Waals surface area contributed by atoms with Crippen molar-refractivity contribution in [3.8, 4) is 5.75 Å². The number of hydrogen-bond acceptors (Lipinski definition) is 6. The molecule has 0 aliphatic rings. The Morgan fingerprint density at radius 1 is 1.27 bits per heavy atom. The number of hydrazone groups is 1. The largest absolute Gasteiger partial charge is 0.496 e. The number of hydrogen-bond donors (Lipinski definition) is 2. The van der Waals surface area contributed by atoms with Gasteiger partial charge in [0.15, 0.2) is 5.76 Å². The molecule has 4 aromatic rings. The minimum Gasteiger partial charge on any atom is -0.496 e. The van der Waals surface area contributed by atoms with Crippen LogP contribution in [0.2, 0.25) is 5.15 Å². The Hall–Kier alpha value is -3.33. The van der Waals surface area contributed by atoms with Gasteiger partial charge in [0.05, 0.1) is 31.9 Å². The van der Waals surface area contributed by atoms with Gasteiger partial charge in [-0.2, -0.15) is 5.10 Å². The number of amides is 1. The molecule has 33 heavy (non-hydrogen) atoms. The van der Waals surface area contributed by atoms with E-state index in [1.807, 2.05) is 35.8 Å². The number of nitrogens with one attached hydrogen (secondary N) is 1. The average molecular weight is 470 g/mol. The van der Waals surface area contributed by atoms with E-state index in [1.165, 1.54) is 13.3 Å². The first-order chi connectivity index (χ1) is 16.1. The van der Waals surface area contributed by atoms with Crippen LogP contribution in [0, 0.1) is 0 Å². The minimum absolute atomic E-state index is 0.0702. The molecule has 2 aromatic heterocycles. The van der Waals surface area contributed by atoms with E-state index in [0.29, 0.717) is 52.8 Å². The van der Waals surface area contributed by atoms with Crippen molar-refractivity contribution in [2.75, 3.05) is 20.3 Å². The fraction of sp³-hybridized carbons (Fsp3) is 0.250. The number of aromatic nitrogens is 1. The molecule has 0 saturated heterocycles. The number of ether oxygens (including phenoxy) is 2. The number of rotatable bonds is 9. The zero-order valence-electron chi connectivity index (χ0n) is 18.3. The van der Waals surface area contributed by atoms with Gasteiger partial charge in [0.25, 0.3) is 0 Å². The highest BCUT2D eigenvalue weighted by molar-refractivity contribution is 6.34. The van der Waals surface area contributed by atoms with Crippen molar-refractivity contribution in [1.29, 1.82) is 0 Å². The molecule has 0 radical (unpaired) electrons. The molecule has 0 bridgehead atoms. The molecule has 0 unspecified atom stereocenters. The smallest absolute Gasteiger partial charge is 0.307 e. The zero-order valence-corrected chi connectivity index (χ0v) is 19.1. The average Bonchev–Trinajstić information content (AvgIpc) is 3.38. The number of aliphatic hydroxyl groups is 1. The molecule has 8 nitrogen and oxygen atoms in total. The third-order valence-corrected chi connectivity index (χ3v) is 5.66. The molecule has 0 atom stereocenters. The number of carbonyl (C=O) groups is 1. The highest BCUT2D eigenvalue weighted by atomic mass is 35.5. The van der Waals surface area contributed by atoms with Crippen LogP contribution in [0.3, 0.4) is 0 Å². The summed E-state index contributed by atoms with van der Waals surface area (Å²) in [5.74, 6) is 0.0570. The minimum atomic E-state index is -0.522. The normalized spacial score (nSPS) is 11.6. The van der Waals surface area contributed by atoms with Crippen LogP contribution in [0.1, 0.15) is 28.6 Å². The number of para-hydroxylation sites is 1. The molecule has 0 aliphatic carbocycles. The number of halogens is 1. The van der Waals surface area contributed by atoms with Gasteiger partial charge in [-0.15, -0.1) is 0 Å². The zero-order chi connectivity index (χ0) is 23.4. The maximum absolute atomic E-state index is 12.6. The summed E-state index contributed by atoms with van der Waals surface area (Å²) in [6.45, 7) is 3.55. The molecule has 9 heteroatoms. The van der Waals surface area contributed by atoms with Gasteiger partial charge in [-0.05, 0) is 30.7 Å². The van der Waals surface area contributed by atoms with Gasteiger partial charge in [0.1, 0.15) is 16.5 Å². The van der Waals surface area contributed by atoms with Crippen LogP contribution in [0.15, 0.2) is 52.0 Å². The van der Waals surface area contributed by atoms with E-state index in [0.717, 1.165) is 10.9 Å². The maximum Gasteiger partial charge on any atom is 0.307 e. The molecular formula is C24H24ClN3O5. The summed E-state index contributed by atoms with van der Waals surface area (Å²) in [5, 5.41) is 15.6. The number of benzene rings is 2. The van der Waals surface area contributed by atoms with E-state index in [2.05, 4.69) is 10.5 Å². The number of fused-ring (bicyclic) bond motifs is 2. The second-order valence-electron chi connectivity index (χ2n) is 7.25. The molecule has 1 amide bonds. The first-order valence-electron chi connectivity index (χ1n) is 10.5. The maximum atomic E-state index is 12.6. The molecule has 2 aromatic carbocycles. The van der Waals surface area contributed by atoms with Crippen LogP contribution < -0.4 is 10.2 Å². The van der Waals surface area contributed by atoms with E-state index < -0.39 is 5.91 Å². The summed E-state index contributed by atoms with van der Waals surface area (Å²) in [4.78, 5) is 12.6. The van der Waals surface area contributed by atoms with Crippen molar-refractivity contribution < 1.29 is 23.8 Å². The van der Waals surface area contributed by atoms with Crippen LogP contribution in [0.25, 0.3) is 21.9 Å². The molecule has 2 heterocycles.